The summed E-state index contributed by atoms with van der Waals surface area (Å²) in [5, 5.41) is 0. The van der Waals surface area contributed by atoms with Crippen molar-refractivity contribution >= 4 is 23.2 Å². The van der Waals surface area contributed by atoms with Crippen LogP contribution in [0, 0.1) is 0 Å². The zero-order chi connectivity index (χ0) is 24.0. The van der Waals surface area contributed by atoms with Crippen LogP contribution in [0.1, 0.15) is 24.4 Å². The molecule has 34 heavy (non-hydrogen) atoms. The molecule has 2 aromatic heterocycles. The van der Waals surface area contributed by atoms with Crippen LogP contribution in [0.2, 0.25) is 0 Å². The normalized spacial score (nSPS) is 19.1. The molecule has 2 aliphatic rings. The Morgan fingerprint density at radius 1 is 1.06 bits per heavy atom. The van der Waals surface area contributed by atoms with Gasteiger partial charge in [-0.05, 0) is 18.4 Å². The summed E-state index contributed by atoms with van der Waals surface area (Å²) >= 11 is 0. The summed E-state index contributed by atoms with van der Waals surface area (Å²) in [7, 11) is 2.94. The fourth-order valence-electron chi connectivity index (χ4n) is 4.92. The minimum atomic E-state index is -0.485. The minimum Gasteiger partial charge on any atom is -0.447 e. The number of benzene rings is 1. The third-order valence-electron chi connectivity index (χ3n) is 6.83. The number of aromatic nitrogens is 4. The lowest BCUT2D eigenvalue weighted by Gasteiger charge is -2.38. The molecule has 0 N–H and O–H groups in total. The van der Waals surface area contributed by atoms with Crippen LogP contribution in [0.25, 0.3) is 11.2 Å². The molecule has 0 bridgehead atoms. The number of cyclic esters (lactones) is 1. The molecule has 11 heteroatoms. The second-order valence-corrected chi connectivity index (χ2v) is 8.77. The van der Waals surface area contributed by atoms with E-state index in [0.717, 1.165) is 10.1 Å². The van der Waals surface area contributed by atoms with Gasteiger partial charge in [0.05, 0.1) is 12.4 Å². The topological polar surface area (TPSA) is 112 Å². The molecular weight excluding hydrogens is 440 g/mol. The Morgan fingerprint density at radius 2 is 1.76 bits per heavy atom. The number of nitrogens with zero attached hydrogens (tertiary/aromatic N) is 6. The second-order valence-electron chi connectivity index (χ2n) is 8.77. The van der Waals surface area contributed by atoms with Crippen molar-refractivity contribution in [3.63, 3.8) is 0 Å². The zero-order valence-corrected chi connectivity index (χ0v) is 19.1. The van der Waals surface area contributed by atoms with Gasteiger partial charge in [-0.25, -0.2) is 14.6 Å². The Morgan fingerprint density at radius 3 is 2.47 bits per heavy atom. The summed E-state index contributed by atoms with van der Waals surface area (Å²) in [5.41, 5.74) is 0.555. The van der Waals surface area contributed by atoms with Gasteiger partial charge in [-0.2, -0.15) is 0 Å². The van der Waals surface area contributed by atoms with E-state index in [0.29, 0.717) is 32.5 Å². The number of piperidine rings is 1. The van der Waals surface area contributed by atoms with E-state index in [1.807, 2.05) is 35.2 Å². The molecule has 4 heterocycles. The Balaban J connectivity index is 1.28. The van der Waals surface area contributed by atoms with E-state index in [1.54, 1.807) is 11.9 Å². The fourth-order valence-corrected chi connectivity index (χ4v) is 4.92. The van der Waals surface area contributed by atoms with Gasteiger partial charge in [0.1, 0.15) is 13.2 Å². The van der Waals surface area contributed by atoms with Crippen LogP contribution in [-0.2, 0) is 30.2 Å². The average molecular weight is 466 g/mol. The Labute approximate surface area is 194 Å². The predicted molar refractivity (Wildman–Crippen MR) is 122 cm³/mol. The molecule has 11 nitrogen and oxygen atoms in total. The Bertz CT molecular complexity index is 1370. The van der Waals surface area contributed by atoms with Crippen LogP contribution >= 0.6 is 0 Å². The van der Waals surface area contributed by atoms with Crippen LogP contribution in [0.15, 0.2) is 46.2 Å². The number of fused-ring (bicyclic) bond motifs is 1. The van der Waals surface area contributed by atoms with E-state index in [1.165, 1.54) is 22.5 Å². The second kappa shape index (κ2) is 8.47. The van der Waals surface area contributed by atoms with Gasteiger partial charge in [-0.3, -0.25) is 23.6 Å². The molecule has 1 atom stereocenters. The summed E-state index contributed by atoms with van der Waals surface area (Å²) in [4.78, 5) is 58.0. The molecule has 0 aliphatic carbocycles. The maximum absolute atomic E-state index is 13.0. The summed E-state index contributed by atoms with van der Waals surface area (Å²) in [6, 6.07) is 9.68. The van der Waals surface area contributed by atoms with Crippen molar-refractivity contribution < 1.29 is 14.3 Å². The molecule has 0 spiro atoms. The van der Waals surface area contributed by atoms with E-state index in [2.05, 4.69) is 4.98 Å². The molecule has 1 unspecified atom stereocenters. The molecule has 5 rings (SSSR count). The highest BCUT2D eigenvalue weighted by Crippen LogP contribution is 2.33. The van der Waals surface area contributed by atoms with Crippen LogP contribution in [0.4, 0.5) is 4.79 Å². The van der Waals surface area contributed by atoms with Crippen molar-refractivity contribution in [2.24, 2.45) is 14.1 Å². The first-order valence-corrected chi connectivity index (χ1v) is 11.3. The smallest absolute Gasteiger partial charge is 0.410 e. The number of aryl methyl sites for hydroxylation is 1. The molecule has 0 radical (unpaired) electrons. The quantitative estimate of drug-likeness (QED) is 0.557. The van der Waals surface area contributed by atoms with Gasteiger partial charge in [0, 0.05) is 33.2 Å². The SMILES string of the molecule is Cn1c(=O)c2c(ncn2CC(=O)N2CCC(N3C(=O)OCC3c3ccccc3)CC2)n(C)c1=O. The van der Waals surface area contributed by atoms with Gasteiger partial charge >= 0.3 is 11.8 Å². The number of carbonyl (C=O) groups excluding carboxylic acids is 2. The number of hydrogen-bond acceptors (Lipinski definition) is 6. The summed E-state index contributed by atoms with van der Waals surface area (Å²) in [5.74, 6) is -0.141. The van der Waals surface area contributed by atoms with Gasteiger partial charge in [0.2, 0.25) is 5.91 Å². The van der Waals surface area contributed by atoms with Gasteiger partial charge in [-0.15, -0.1) is 0 Å². The maximum Gasteiger partial charge on any atom is 0.410 e. The lowest BCUT2D eigenvalue weighted by atomic mass is 9.99. The lowest BCUT2D eigenvalue weighted by molar-refractivity contribution is -0.133. The van der Waals surface area contributed by atoms with Gasteiger partial charge < -0.3 is 14.2 Å². The van der Waals surface area contributed by atoms with E-state index in [-0.39, 0.29) is 41.8 Å². The molecule has 2 amide bonds. The van der Waals surface area contributed by atoms with Crippen molar-refractivity contribution in [1.82, 2.24) is 28.5 Å². The molecule has 2 fully saturated rings. The molecule has 2 aliphatic heterocycles. The van der Waals surface area contributed by atoms with Crippen LogP contribution < -0.4 is 11.2 Å². The molecule has 1 aromatic carbocycles. The molecule has 3 aromatic rings. The first-order chi connectivity index (χ1) is 16.4. The van der Waals surface area contributed by atoms with Gasteiger partial charge in [0.25, 0.3) is 5.56 Å². The van der Waals surface area contributed by atoms with Crippen molar-refractivity contribution in [2.45, 2.75) is 31.5 Å². The highest BCUT2D eigenvalue weighted by molar-refractivity contribution is 5.79. The minimum absolute atomic E-state index is 0.0137. The summed E-state index contributed by atoms with van der Waals surface area (Å²) < 4.78 is 9.15. The first-order valence-electron chi connectivity index (χ1n) is 11.3. The maximum atomic E-state index is 13.0. The Kier molecular flexibility index (Phi) is 5.46. The molecule has 178 valence electrons. The van der Waals surface area contributed by atoms with Crippen molar-refractivity contribution in [3.05, 3.63) is 63.1 Å². The number of imidazole rings is 1. The van der Waals surface area contributed by atoms with E-state index < -0.39 is 11.2 Å². The third-order valence-corrected chi connectivity index (χ3v) is 6.83. The highest BCUT2D eigenvalue weighted by atomic mass is 16.6. The number of ether oxygens (including phenoxy) is 1. The third kappa shape index (κ3) is 3.57. The molecular formula is C23H26N6O5. The van der Waals surface area contributed by atoms with Crippen molar-refractivity contribution in [3.8, 4) is 0 Å². The first kappa shape index (κ1) is 21.9. The standard InChI is InChI=1S/C23H26N6O5/c1-25-20-19(21(31)26(2)22(25)32)28(14-24-20)12-18(30)27-10-8-16(9-11-27)29-17(13-34-23(29)33)15-6-4-3-5-7-15/h3-7,14,16-17H,8-13H2,1-2H3. The number of hydrogen-bond donors (Lipinski definition) is 0. The summed E-state index contributed by atoms with van der Waals surface area (Å²) in [6.07, 6.45) is 2.39. The summed E-state index contributed by atoms with van der Waals surface area (Å²) in [6.45, 7) is 1.27. The van der Waals surface area contributed by atoms with Crippen molar-refractivity contribution in [1.29, 1.82) is 0 Å². The largest absolute Gasteiger partial charge is 0.447 e. The zero-order valence-electron chi connectivity index (χ0n) is 19.1. The number of carbonyl (C=O) groups is 2. The van der Waals surface area contributed by atoms with E-state index in [4.69, 9.17) is 4.74 Å². The number of rotatable bonds is 4. The predicted octanol–water partition coefficient (Wildman–Crippen LogP) is 0.618. The number of likely N-dealkylation sites (tertiary alicyclic amines) is 1. The molecule has 0 saturated carbocycles. The van der Waals surface area contributed by atoms with E-state index >= 15 is 0 Å². The average Bonchev–Trinajstić information content (AvgIpc) is 3.45. The molecule has 2 saturated heterocycles. The lowest BCUT2D eigenvalue weighted by Crippen LogP contribution is -2.48. The van der Waals surface area contributed by atoms with Crippen LogP contribution in [0.3, 0.4) is 0 Å². The van der Waals surface area contributed by atoms with Gasteiger partial charge in [0.15, 0.2) is 11.2 Å². The van der Waals surface area contributed by atoms with E-state index in [9.17, 15) is 19.2 Å². The Hall–Kier alpha value is -3.89. The van der Waals surface area contributed by atoms with Crippen molar-refractivity contribution in [2.75, 3.05) is 19.7 Å². The fraction of sp³-hybridized carbons (Fsp3) is 0.435. The highest BCUT2D eigenvalue weighted by Gasteiger charge is 2.40. The van der Waals surface area contributed by atoms with Crippen LogP contribution in [0.5, 0.6) is 0 Å². The monoisotopic (exact) mass is 466 g/mol. The number of amides is 2. The van der Waals surface area contributed by atoms with Gasteiger partial charge in [-0.1, -0.05) is 30.3 Å². The van der Waals surface area contributed by atoms with Crippen LogP contribution in [-0.4, -0.2) is 66.2 Å².